The summed E-state index contributed by atoms with van der Waals surface area (Å²) in [6.07, 6.45) is 2.30. The second-order valence-corrected chi connectivity index (χ2v) is 4.82. The molecule has 1 nitrogen and oxygen atoms in total. The van der Waals surface area contributed by atoms with Crippen LogP contribution in [0.3, 0.4) is 0 Å². The van der Waals surface area contributed by atoms with E-state index in [1.54, 1.807) is 0 Å². The van der Waals surface area contributed by atoms with Crippen molar-refractivity contribution in [3.05, 3.63) is 35.9 Å². The van der Waals surface area contributed by atoms with E-state index in [-0.39, 0.29) is 0 Å². The number of nitrogens with zero attached hydrogens (tertiary/aromatic N) is 1. The molecule has 16 heavy (non-hydrogen) atoms. The first-order chi connectivity index (χ1) is 7.74. The van der Waals surface area contributed by atoms with E-state index in [9.17, 15) is 0 Å². The van der Waals surface area contributed by atoms with Crippen LogP contribution in [0.2, 0.25) is 0 Å². The van der Waals surface area contributed by atoms with Crippen LogP contribution in [0.1, 0.15) is 32.3 Å². The predicted molar refractivity (Wildman–Crippen MR) is 71.9 cm³/mol. The van der Waals surface area contributed by atoms with E-state index in [1.807, 2.05) is 0 Å². The van der Waals surface area contributed by atoms with Gasteiger partial charge in [-0.3, -0.25) is 4.90 Å². The molecule has 1 aromatic rings. The molecular weight excluding hydrogens is 218 g/mol. The van der Waals surface area contributed by atoms with Crippen molar-refractivity contribution in [1.29, 1.82) is 0 Å². The Morgan fingerprint density at radius 2 is 1.81 bits per heavy atom. The number of hydrogen-bond acceptors (Lipinski definition) is 1. The van der Waals surface area contributed by atoms with Gasteiger partial charge in [0.1, 0.15) is 0 Å². The number of benzene rings is 1. The summed E-state index contributed by atoms with van der Waals surface area (Å²) < 4.78 is 0. The minimum Gasteiger partial charge on any atom is -0.297 e. The number of hydrogen-bond donors (Lipinski definition) is 0. The average Bonchev–Trinajstić information content (AvgIpc) is 2.29. The van der Waals surface area contributed by atoms with Crippen molar-refractivity contribution < 1.29 is 0 Å². The third-order valence-corrected chi connectivity index (χ3v) is 3.06. The van der Waals surface area contributed by atoms with E-state index in [0.717, 1.165) is 25.4 Å². The van der Waals surface area contributed by atoms with Gasteiger partial charge >= 0.3 is 0 Å². The zero-order chi connectivity index (χ0) is 11.8. The third kappa shape index (κ3) is 5.00. The number of rotatable bonds is 7. The van der Waals surface area contributed by atoms with Crippen molar-refractivity contribution in [3.8, 4) is 0 Å². The molecule has 0 aliphatic heterocycles. The summed E-state index contributed by atoms with van der Waals surface area (Å²) >= 11 is 5.71. The molecule has 0 fully saturated rings. The highest BCUT2D eigenvalue weighted by Gasteiger charge is 2.09. The zero-order valence-corrected chi connectivity index (χ0v) is 11.1. The monoisotopic (exact) mass is 239 g/mol. The third-order valence-electron chi connectivity index (χ3n) is 2.79. The quantitative estimate of drug-likeness (QED) is 0.515. The van der Waals surface area contributed by atoms with Gasteiger partial charge in [0.25, 0.3) is 0 Å². The molecule has 2 heteroatoms. The summed E-state index contributed by atoms with van der Waals surface area (Å²) in [6.45, 7) is 6.69. The van der Waals surface area contributed by atoms with Crippen LogP contribution in [0.15, 0.2) is 30.3 Å². The van der Waals surface area contributed by atoms with E-state index < -0.39 is 0 Å². The van der Waals surface area contributed by atoms with Crippen molar-refractivity contribution in [3.63, 3.8) is 0 Å². The normalized spacial score (nSPS) is 11.3. The van der Waals surface area contributed by atoms with Crippen LogP contribution in [0.5, 0.6) is 0 Å². The summed E-state index contributed by atoms with van der Waals surface area (Å²) in [6, 6.07) is 11.2. The summed E-state index contributed by atoms with van der Waals surface area (Å²) in [5.74, 6) is 0.775. The first kappa shape index (κ1) is 13.5. The van der Waals surface area contributed by atoms with Crippen molar-refractivity contribution >= 4 is 11.6 Å². The largest absolute Gasteiger partial charge is 0.297 e. The van der Waals surface area contributed by atoms with Crippen LogP contribution in [0.25, 0.3) is 0 Å². The highest BCUT2D eigenvalue weighted by molar-refractivity contribution is 6.17. The fraction of sp³-hybridized carbons (Fsp3) is 0.571. The van der Waals surface area contributed by atoms with Gasteiger partial charge in [0, 0.05) is 18.5 Å². The minimum absolute atomic E-state index is 0.593. The van der Waals surface area contributed by atoms with Crippen LogP contribution >= 0.6 is 11.6 Å². The Kier molecular flexibility index (Phi) is 6.51. The lowest BCUT2D eigenvalue weighted by Gasteiger charge is -2.26. The van der Waals surface area contributed by atoms with E-state index in [4.69, 9.17) is 11.6 Å². The molecule has 0 saturated carbocycles. The molecule has 0 aliphatic rings. The van der Waals surface area contributed by atoms with Gasteiger partial charge in [0.2, 0.25) is 0 Å². The molecule has 0 N–H and O–H groups in total. The highest BCUT2D eigenvalue weighted by Crippen LogP contribution is 2.09. The molecule has 1 aromatic carbocycles. The van der Waals surface area contributed by atoms with Crippen LogP contribution < -0.4 is 0 Å². The SMILES string of the molecule is CC(C)N(CCCCCl)Cc1ccccc1. The highest BCUT2D eigenvalue weighted by atomic mass is 35.5. The molecule has 0 aromatic heterocycles. The predicted octanol–water partition coefficient (Wildman–Crippen LogP) is 3.92. The first-order valence-corrected chi connectivity index (χ1v) is 6.61. The van der Waals surface area contributed by atoms with E-state index in [1.165, 1.54) is 12.0 Å². The van der Waals surface area contributed by atoms with Crippen LogP contribution in [0, 0.1) is 0 Å². The van der Waals surface area contributed by atoms with Gasteiger partial charge in [0.05, 0.1) is 0 Å². The maximum absolute atomic E-state index is 5.71. The first-order valence-electron chi connectivity index (χ1n) is 6.08. The lowest BCUT2D eigenvalue weighted by Crippen LogP contribution is -2.31. The standard InChI is InChI=1S/C14H22ClN/c1-13(2)16(11-7-6-10-15)12-14-8-4-3-5-9-14/h3-5,8-9,13H,6-7,10-12H2,1-2H3. The van der Waals surface area contributed by atoms with Crippen molar-refractivity contribution in [2.75, 3.05) is 12.4 Å². The topological polar surface area (TPSA) is 3.24 Å². The Bertz CT molecular complexity index is 271. The van der Waals surface area contributed by atoms with E-state index in [0.29, 0.717) is 6.04 Å². The molecular formula is C14H22ClN. The van der Waals surface area contributed by atoms with Gasteiger partial charge in [-0.2, -0.15) is 0 Å². The Hall–Kier alpha value is -0.530. The molecule has 1 rings (SSSR count). The second-order valence-electron chi connectivity index (χ2n) is 4.45. The van der Waals surface area contributed by atoms with Gasteiger partial charge in [-0.25, -0.2) is 0 Å². The van der Waals surface area contributed by atoms with Gasteiger partial charge < -0.3 is 0 Å². The molecule has 0 bridgehead atoms. The van der Waals surface area contributed by atoms with Gasteiger partial charge in [-0.1, -0.05) is 30.3 Å². The second kappa shape index (κ2) is 7.70. The molecule has 0 heterocycles. The minimum atomic E-state index is 0.593. The molecule has 0 amide bonds. The smallest absolute Gasteiger partial charge is 0.0236 e. The molecule has 0 saturated heterocycles. The number of alkyl halides is 1. The van der Waals surface area contributed by atoms with Crippen molar-refractivity contribution in [1.82, 2.24) is 4.90 Å². The van der Waals surface area contributed by atoms with Crippen LogP contribution in [-0.4, -0.2) is 23.4 Å². The Morgan fingerprint density at radius 3 is 2.38 bits per heavy atom. The number of unbranched alkanes of at least 4 members (excludes halogenated alkanes) is 1. The van der Waals surface area contributed by atoms with E-state index in [2.05, 4.69) is 49.1 Å². The molecule has 0 unspecified atom stereocenters. The molecule has 90 valence electrons. The molecule has 0 radical (unpaired) electrons. The summed E-state index contributed by atoms with van der Waals surface area (Å²) in [5, 5.41) is 0. The lowest BCUT2D eigenvalue weighted by atomic mass is 10.1. The molecule has 0 spiro atoms. The summed E-state index contributed by atoms with van der Waals surface area (Å²) in [4.78, 5) is 2.50. The van der Waals surface area contributed by atoms with Crippen LogP contribution in [-0.2, 0) is 6.54 Å². The Morgan fingerprint density at radius 1 is 1.12 bits per heavy atom. The fourth-order valence-corrected chi connectivity index (χ4v) is 1.94. The zero-order valence-electron chi connectivity index (χ0n) is 10.3. The van der Waals surface area contributed by atoms with Crippen molar-refractivity contribution in [2.45, 2.75) is 39.3 Å². The van der Waals surface area contributed by atoms with Gasteiger partial charge in [-0.05, 0) is 38.8 Å². The van der Waals surface area contributed by atoms with Crippen molar-refractivity contribution in [2.24, 2.45) is 0 Å². The Balaban J connectivity index is 2.45. The van der Waals surface area contributed by atoms with Gasteiger partial charge in [0.15, 0.2) is 0 Å². The summed E-state index contributed by atoms with van der Waals surface area (Å²) in [7, 11) is 0. The van der Waals surface area contributed by atoms with E-state index >= 15 is 0 Å². The maximum atomic E-state index is 5.71. The molecule has 0 aliphatic carbocycles. The van der Waals surface area contributed by atoms with Crippen LogP contribution in [0.4, 0.5) is 0 Å². The van der Waals surface area contributed by atoms with Gasteiger partial charge in [-0.15, -0.1) is 11.6 Å². The summed E-state index contributed by atoms with van der Waals surface area (Å²) in [5.41, 5.74) is 1.39. The molecule has 0 atom stereocenters. The Labute approximate surface area is 104 Å². The fourth-order valence-electron chi connectivity index (χ4n) is 1.75. The maximum Gasteiger partial charge on any atom is 0.0236 e. The lowest BCUT2D eigenvalue weighted by molar-refractivity contribution is 0.210. The average molecular weight is 240 g/mol. The number of halogens is 1.